The number of hydrogen-bond donors (Lipinski definition) is 1. The molecule has 3 aromatic rings. The number of nitrogens with zero attached hydrogens (tertiary/aromatic N) is 2. The van der Waals surface area contributed by atoms with Crippen LogP contribution in [0, 0.1) is 12.7 Å². The molecule has 0 aliphatic carbocycles. The molecule has 0 saturated carbocycles. The quantitative estimate of drug-likeness (QED) is 0.808. The summed E-state index contributed by atoms with van der Waals surface area (Å²) in [5, 5.41) is 7.55. The Balaban J connectivity index is 1.87. The summed E-state index contributed by atoms with van der Waals surface area (Å²) in [7, 11) is 1.75. The van der Waals surface area contributed by atoms with E-state index in [0.717, 1.165) is 10.9 Å². The fourth-order valence-electron chi connectivity index (χ4n) is 2.51. The topological polar surface area (TPSA) is 60.1 Å². The molecule has 2 heterocycles. The Hall–Kier alpha value is -2.63. The number of aryl methyl sites for hydroxylation is 2. The van der Waals surface area contributed by atoms with E-state index in [4.69, 9.17) is 4.42 Å². The fourth-order valence-corrected chi connectivity index (χ4v) is 2.51. The summed E-state index contributed by atoms with van der Waals surface area (Å²) in [5.41, 5.74) is 1.92. The molecular formula is C16H16FN3O2. The maximum atomic E-state index is 13.3. The summed E-state index contributed by atoms with van der Waals surface area (Å²) in [4.78, 5) is 12.2. The molecule has 0 aliphatic heterocycles. The average Bonchev–Trinajstić information content (AvgIpc) is 3.04. The van der Waals surface area contributed by atoms with Crippen LogP contribution >= 0.6 is 0 Å². The van der Waals surface area contributed by atoms with Crippen LogP contribution in [0.15, 0.2) is 35.0 Å². The third-order valence-corrected chi connectivity index (χ3v) is 3.64. The first kappa shape index (κ1) is 14.3. The smallest absolute Gasteiger partial charge is 0.255 e. The minimum Gasteiger partial charge on any atom is -0.459 e. The number of halogens is 1. The average molecular weight is 301 g/mol. The van der Waals surface area contributed by atoms with E-state index in [0.29, 0.717) is 16.9 Å². The minimum absolute atomic E-state index is 0.230. The van der Waals surface area contributed by atoms with E-state index in [1.165, 1.54) is 18.3 Å². The number of furan rings is 1. The highest BCUT2D eigenvalue weighted by atomic mass is 19.1. The van der Waals surface area contributed by atoms with Gasteiger partial charge in [0.25, 0.3) is 5.91 Å². The van der Waals surface area contributed by atoms with Crippen molar-refractivity contribution in [3.63, 3.8) is 0 Å². The number of nitrogens with one attached hydrogen (secondary N) is 1. The van der Waals surface area contributed by atoms with Crippen LogP contribution in [-0.2, 0) is 7.05 Å². The monoisotopic (exact) mass is 301 g/mol. The van der Waals surface area contributed by atoms with Crippen molar-refractivity contribution in [2.75, 3.05) is 0 Å². The van der Waals surface area contributed by atoms with Gasteiger partial charge in [0, 0.05) is 24.2 Å². The van der Waals surface area contributed by atoms with Crippen LogP contribution in [0.5, 0.6) is 0 Å². The van der Waals surface area contributed by atoms with Gasteiger partial charge in [0.05, 0.1) is 17.8 Å². The Morgan fingerprint density at radius 3 is 2.91 bits per heavy atom. The molecular weight excluding hydrogens is 285 g/mol. The predicted molar refractivity (Wildman–Crippen MR) is 80.0 cm³/mol. The first-order valence-corrected chi connectivity index (χ1v) is 6.94. The van der Waals surface area contributed by atoms with Gasteiger partial charge in [-0.1, -0.05) is 0 Å². The molecule has 0 aliphatic rings. The van der Waals surface area contributed by atoms with Crippen LogP contribution < -0.4 is 5.32 Å². The Morgan fingerprint density at radius 1 is 1.45 bits per heavy atom. The Morgan fingerprint density at radius 2 is 2.23 bits per heavy atom. The highest BCUT2D eigenvalue weighted by Gasteiger charge is 2.19. The van der Waals surface area contributed by atoms with Gasteiger partial charge in [0.2, 0.25) is 0 Å². The molecule has 1 atom stereocenters. The third-order valence-electron chi connectivity index (χ3n) is 3.64. The van der Waals surface area contributed by atoms with E-state index >= 15 is 0 Å². The van der Waals surface area contributed by atoms with Crippen molar-refractivity contribution in [1.29, 1.82) is 0 Å². The molecule has 0 fully saturated rings. The van der Waals surface area contributed by atoms with Crippen molar-refractivity contribution in [2.24, 2.45) is 7.05 Å². The summed E-state index contributed by atoms with van der Waals surface area (Å²) < 4.78 is 20.7. The SMILES string of the molecule is Cc1c([C@H](C)NC(=O)c2cnn(C)c2)oc2ccc(F)cc12. The Bertz CT molecular complexity index is 850. The number of amides is 1. The maximum absolute atomic E-state index is 13.3. The number of aromatic nitrogens is 2. The van der Waals surface area contributed by atoms with Crippen molar-refractivity contribution >= 4 is 16.9 Å². The van der Waals surface area contributed by atoms with E-state index in [1.54, 1.807) is 24.0 Å². The van der Waals surface area contributed by atoms with Gasteiger partial charge in [-0.05, 0) is 32.0 Å². The second-order valence-electron chi connectivity index (χ2n) is 5.33. The van der Waals surface area contributed by atoms with Gasteiger partial charge in [-0.25, -0.2) is 4.39 Å². The van der Waals surface area contributed by atoms with Crippen molar-refractivity contribution in [3.8, 4) is 0 Å². The maximum Gasteiger partial charge on any atom is 0.255 e. The molecule has 0 unspecified atom stereocenters. The lowest BCUT2D eigenvalue weighted by Crippen LogP contribution is -2.26. The number of carbonyl (C=O) groups excluding carboxylic acids is 1. The molecule has 6 heteroatoms. The van der Waals surface area contributed by atoms with Crippen molar-refractivity contribution in [1.82, 2.24) is 15.1 Å². The normalized spacial score (nSPS) is 12.5. The number of benzene rings is 1. The molecule has 1 amide bonds. The molecule has 1 N–H and O–H groups in total. The zero-order chi connectivity index (χ0) is 15.9. The molecule has 3 rings (SSSR count). The van der Waals surface area contributed by atoms with Crippen LogP contribution in [0.1, 0.15) is 34.6 Å². The lowest BCUT2D eigenvalue weighted by Gasteiger charge is -2.11. The Labute approximate surface area is 126 Å². The van der Waals surface area contributed by atoms with Crippen LogP contribution in [0.3, 0.4) is 0 Å². The standard InChI is InChI=1S/C16H16FN3O2/c1-9-13-6-12(17)4-5-14(13)22-15(9)10(2)19-16(21)11-7-18-20(3)8-11/h4-8,10H,1-3H3,(H,19,21)/t10-/m0/s1. The van der Waals surface area contributed by atoms with Gasteiger partial charge in [0.15, 0.2) is 0 Å². The lowest BCUT2D eigenvalue weighted by atomic mass is 10.1. The highest BCUT2D eigenvalue weighted by Crippen LogP contribution is 2.30. The first-order valence-electron chi connectivity index (χ1n) is 6.94. The van der Waals surface area contributed by atoms with Gasteiger partial charge < -0.3 is 9.73 Å². The molecule has 0 spiro atoms. The molecule has 1 aromatic carbocycles. The summed E-state index contributed by atoms with van der Waals surface area (Å²) >= 11 is 0. The fraction of sp³-hybridized carbons (Fsp3) is 0.250. The van der Waals surface area contributed by atoms with Gasteiger partial charge in [0.1, 0.15) is 17.2 Å². The highest BCUT2D eigenvalue weighted by molar-refractivity contribution is 5.94. The van der Waals surface area contributed by atoms with Gasteiger partial charge in [-0.3, -0.25) is 9.48 Å². The van der Waals surface area contributed by atoms with E-state index < -0.39 is 0 Å². The van der Waals surface area contributed by atoms with Crippen molar-refractivity contribution < 1.29 is 13.6 Å². The molecule has 0 radical (unpaired) electrons. The second kappa shape index (κ2) is 5.29. The second-order valence-corrected chi connectivity index (χ2v) is 5.33. The largest absolute Gasteiger partial charge is 0.459 e. The molecule has 2 aromatic heterocycles. The molecule has 0 saturated heterocycles. The molecule has 114 valence electrons. The first-order chi connectivity index (χ1) is 10.5. The van der Waals surface area contributed by atoms with Crippen molar-refractivity contribution in [3.05, 3.63) is 53.3 Å². The molecule has 22 heavy (non-hydrogen) atoms. The molecule has 0 bridgehead atoms. The zero-order valence-corrected chi connectivity index (χ0v) is 12.6. The summed E-state index contributed by atoms with van der Waals surface area (Å²) in [5.74, 6) is 0.0828. The van der Waals surface area contributed by atoms with E-state index in [9.17, 15) is 9.18 Å². The minimum atomic E-state index is -0.330. The van der Waals surface area contributed by atoms with Crippen LogP contribution in [0.4, 0.5) is 4.39 Å². The number of hydrogen-bond acceptors (Lipinski definition) is 3. The van der Waals surface area contributed by atoms with E-state index in [-0.39, 0.29) is 17.8 Å². The van der Waals surface area contributed by atoms with Crippen LogP contribution in [-0.4, -0.2) is 15.7 Å². The zero-order valence-electron chi connectivity index (χ0n) is 12.6. The summed E-state index contributed by atoms with van der Waals surface area (Å²) in [6, 6.07) is 4.06. The number of rotatable bonds is 3. The Kier molecular flexibility index (Phi) is 3.44. The summed E-state index contributed by atoms with van der Waals surface area (Å²) in [6.07, 6.45) is 3.14. The lowest BCUT2D eigenvalue weighted by molar-refractivity contribution is 0.0935. The van der Waals surface area contributed by atoms with Crippen molar-refractivity contribution in [2.45, 2.75) is 19.9 Å². The van der Waals surface area contributed by atoms with E-state index in [1.807, 2.05) is 13.8 Å². The third kappa shape index (κ3) is 2.47. The molecule has 5 nitrogen and oxygen atoms in total. The number of carbonyl (C=O) groups is 1. The van der Waals surface area contributed by atoms with Gasteiger partial charge in [-0.15, -0.1) is 0 Å². The van der Waals surface area contributed by atoms with Gasteiger partial charge >= 0.3 is 0 Å². The summed E-state index contributed by atoms with van der Waals surface area (Å²) in [6.45, 7) is 3.68. The predicted octanol–water partition coefficient (Wildman–Crippen LogP) is 3.10. The van der Waals surface area contributed by atoms with Crippen LogP contribution in [0.25, 0.3) is 11.0 Å². The van der Waals surface area contributed by atoms with E-state index in [2.05, 4.69) is 10.4 Å². The number of fused-ring (bicyclic) bond motifs is 1. The van der Waals surface area contributed by atoms with Gasteiger partial charge in [-0.2, -0.15) is 5.10 Å². The van der Waals surface area contributed by atoms with Crippen LogP contribution in [0.2, 0.25) is 0 Å².